The number of carbonyl (C=O) groups excluding carboxylic acids is 1. The van der Waals surface area contributed by atoms with E-state index in [4.69, 9.17) is 5.11 Å². The van der Waals surface area contributed by atoms with Gasteiger partial charge in [-0.1, -0.05) is 30.3 Å². The normalized spacial score (nSPS) is 11.0. The van der Waals surface area contributed by atoms with E-state index in [-0.39, 0.29) is 0 Å². The molecule has 0 heterocycles. The van der Waals surface area contributed by atoms with Crippen molar-refractivity contribution in [3.63, 3.8) is 0 Å². The number of aliphatic carboxylic acids is 1. The van der Waals surface area contributed by atoms with Gasteiger partial charge in [-0.05, 0) is 32.3 Å². The standard InChI is InChI=1S/C14H19NO3/c1-14(2,13(17)18)12(16)15-10-6-9-11-7-4-3-5-8-11/h3-5,7-8H,6,9-10H2,1-2H3,(H,15,16)(H,17,18). The number of hydrogen-bond acceptors (Lipinski definition) is 2. The van der Waals surface area contributed by atoms with E-state index in [9.17, 15) is 9.59 Å². The second-order valence-corrected chi connectivity index (χ2v) is 4.78. The maximum Gasteiger partial charge on any atom is 0.318 e. The lowest BCUT2D eigenvalue weighted by Crippen LogP contribution is -2.42. The summed E-state index contributed by atoms with van der Waals surface area (Å²) in [5.41, 5.74) is -0.156. The summed E-state index contributed by atoms with van der Waals surface area (Å²) in [7, 11) is 0. The molecule has 4 heteroatoms. The van der Waals surface area contributed by atoms with Crippen molar-refractivity contribution in [3.05, 3.63) is 35.9 Å². The highest BCUT2D eigenvalue weighted by molar-refractivity contribution is 6.00. The molecular weight excluding hydrogens is 230 g/mol. The molecule has 0 aliphatic rings. The zero-order chi connectivity index (χ0) is 13.6. The fourth-order valence-electron chi connectivity index (χ4n) is 1.46. The number of benzene rings is 1. The topological polar surface area (TPSA) is 66.4 Å². The number of aryl methyl sites for hydroxylation is 1. The van der Waals surface area contributed by atoms with Crippen LogP contribution in [0.4, 0.5) is 0 Å². The number of rotatable bonds is 6. The summed E-state index contributed by atoms with van der Waals surface area (Å²) in [5, 5.41) is 11.5. The molecular formula is C14H19NO3. The van der Waals surface area contributed by atoms with E-state index < -0.39 is 17.3 Å². The average molecular weight is 249 g/mol. The Kier molecular flexibility index (Phi) is 4.89. The van der Waals surface area contributed by atoms with Gasteiger partial charge >= 0.3 is 5.97 Å². The van der Waals surface area contributed by atoms with Crippen LogP contribution >= 0.6 is 0 Å². The van der Waals surface area contributed by atoms with Crippen LogP contribution in [-0.2, 0) is 16.0 Å². The van der Waals surface area contributed by atoms with Crippen molar-refractivity contribution in [2.45, 2.75) is 26.7 Å². The van der Waals surface area contributed by atoms with E-state index in [2.05, 4.69) is 5.32 Å². The highest BCUT2D eigenvalue weighted by Crippen LogP contribution is 2.14. The summed E-state index contributed by atoms with van der Waals surface area (Å²) in [6, 6.07) is 9.97. The number of nitrogens with one attached hydrogen (secondary N) is 1. The zero-order valence-corrected chi connectivity index (χ0v) is 10.8. The number of carbonyl (C=O) groups is 2. The predicted molar refractivity (Wildman–Crippen MR) is 69.2 cm³/mol. The summed E-state index contributed by atoms with van der Waals surface area (Å²) in [4.78, 5) is 22.5. The third-order valence-corrected chi connectivity index (χ3v) is 2.87. The van der Waals surface area contributed by atoms with Gasteiger partial charge in [-0.2, -0.15) is 0 Å². The molecule has 0 atom stereocenters. The Labute approximate surface area is 107 Å². The highest BCUT2D eigenvalue weighted by Gasteiger charge is 2.35. The SMILES string of the molecule is CC(C)(C(=O)O)C(=O)NCCCc1ccccc1. The molecule has 1 aromatic carbocycles. The van der Waals surface area contributed by atoms with Crippen LogP contribution in [0.3, 0.4) is 0 Å². The lowest BCUT2D eigenvalue weighted by Gasteiger charge is -2.18. The van der Waals surface area contributed by atoms with Crippen LogP contribution in [0, 0.1) is 5.41 Å². The van der Waals surface area contributed by atoms with Crippen molar-refractivity contribution < 1.29 is 14.7 Å². The minimum absolute atomic E-state index is 0.442. The second kappa shape index (κ2) is 6.19. The fraction of sp³-hybridized carbons (Fsp3) is 0.429. The molecule has 98 valence electrons. The minimum Gasteiger partial charge on any atom is -0.480 e. The number of carboxylic acid groups (broad SMARTS) is 1. The van der Waals surface area contributed by atoms with E-state index >= 15 is 0 Å². The molecule has 0 saturated heterocycles. The van der Waals surface area contributed by atoms with Crippen molar-refractivity contribution in [1.29, 1.82) is 0 Å². The Morgan fingerprint density at radius 3 is 2.39 bits per heavy atom. The number of hydrogen-bond donors (Lipinski definition) is 2. The van der Waals surface area contributed by atoms with Crippen molar-refractivity contribution in [3.8, 4) is 0 Å². The van der Waals surface area contributed by atoms with E-state index in [1.165, 1.54) is 19.4 Å². The smallest absolute Gasteiger partial charge is 0.318 e. The first-order valence-electron chi connectivity index (χ1n) is 6.00. The molecule has 0 bridgehead atoms. The molecule has 1 rings (SSSR count). The lowest BCUT2D eigenvalue weighted by molar-refractivity contribution is -0.153. The molecule has 0 spiro atoms. The van der Waals surface area contributed by atoms with Gasteiger partial charge in [0.1, 0.15) is 5.41 Å². The van der Waals surface area contributed by atoms with Crippen LogP contribution < -0.4 is 5.32 Å². The molecule has 1 aromatic rings. The maximum atomic E-state index is 11.6. The van der Waals surface area contributed by atoms with Crippen molar-refractivity contribution >= 4 is 11.9 Å². The van der Waals surface area contributed by atoms with Gasteiger partial charge in [-0.15, -0.1) is 0 Å². The monoisotopic (exact) mass is 249 g/mol. The van der Waals surface area contributed by atoms with Gasteiger partial charge in [0, 0.05) is 6.54 Å². The highest BCUT2D eigenvalue weighted by atomic mass is 16.4. The Morgan fingerprint density at radius 1 is 1.22 bits per heavy atom. The van der Waals surface area contributed by atoms with Crippen LogP contribution in [0.15, 0.2) is 30.3 Å². The number of carboxylic acids is 1. The third-order valence-electron chi connectivity index (χ3n) is 2.87. The van der Waals surface area contributed by atoms with Gasteiger partial charge in [0.05, 0.1) is 0 Å². The first-order chi connectivity index (χ1) is 8.44. The Balaban J connectivity index is 2.31. The molecule has 0 aromatic heterocycles. The van der Waals surface area contributed by atoms with Crippen LogP contribution in [0.5, 0.6) is 0 Å². The first-order valence-corrected chi connectivity index (χ1v) is 6.00. The number of amides is 1. The van der Waals surface area contributed by atoms with Crippen LogP contribution in [0.1, 0.15) is 25.8 Å². The molecule has 0 aliphatic carbocycles. The summed E-state index contributed by atoms with van der Waals surface area (Å²) in [5.74, 6) is -1.55. The third kappa shape index (κ3) is 3.87. The van der Waals surface area contributed by atoms with Gasteiger partial charge < -0.3 is 10.4 Å². The van der Waals surface area contributed by atoms with E-state index in [0.29, 0.717) is 6.54 Å². The summed E-state index contributed by atoms with van der Waals surface area (Å²) in [6.07, 6.45) is 1.67. The van der Waals surface area contributed by atoms with Gasteiger partial charge in [0.2, 0.25) is 5.91 Å². The molecule has 2 N–H and O–H groups in total. The van der Waals surface area contributed by atoms with Gasteiger partial charge in [0.25, 0.3) is 0 Å². The van der Waals surface area contributed by atoms with Gasteiger partial charge in [0.15, 0.2) is 0 Å². The fourth-order valence-corrected chi connectivity index (χ4v) is 1.46. The average Bonchev–Trinajstić information content (AvgIpc) is 2.35. The predicted octanol–water partition coefficient (Wildman–Crippen LogP) is 1.85. The summed E-state index contributed by atoms with van der Waals surface area (Å²) < 4.78 is 0. The van der Waals surface area contributed by atoms with E-state index in [1.807, 2.05) is 30.3 Å². The molecule has 4 nitrogen and oxygen atoms in total. The lowest BCUT2D eigenvalue weighted by atomic mass is 9.92. The van der Waals surface area contributed by atoms with Gasteiger partial charge in [-0.25, -0.2) is 0 Å². The van der Waals surface area contributed by atoms with Crippen molar-refractivity contribution in [2.24, 2.45) is 5.41 Å². The first kappa shape index (κ1) is 14.2. The van der Waals surface area contributed by atoms with Crippen molar-refractivity contribution in [2.75, 3.05) is 6.54 Å². The Bertz CT molecular complexity index is 412. The van der Waals surface area contributed by atoms with Crippen LogP contribution in [-0.4, -0.2) is 23.5 Å². The zero-order valence-electron chi connectivity index (χ0n) is 10.8. The van der Waals surface area contributed by atoms with Crippen LogP contribution in [0.25, 0.3) is 0 Å². The molecule has 0 radical (unpaired) electrons. The summed E-state index contributed by atoms with van der Waals surface area (Å²) in [6.45, 7) is 3.30. The second-order valence-electron chi connectivity index (χ2n) is 4.78. The largest absolute Gasteiger partial charge is 0.480 e. The maximum absolute atomic E-state index is 11.6. The quantitative estimate of drug-likeness (QED) is 0.597. The van der Waals surface area contributed by atoms with E-state index in [1.54, 1.807) is 0 Å². The Hall–Kier alpha value is -1.84. The summed E-state index contributed by atoms with van der Waals surface area (Å²) >= 11 is 0. The van der Waals surface area contributed by atoms with Gasteiger partial charge in [-0.3, -0.25) is 9.59 Å². The molecule has 0 saturated carbocycles. The van der Waals surface area contributed by atoms with E-state index in [0.717, 1.165) is 12.8 Å². The molecule has 0 fully saturated rings. The molecule has 0 aliphatic heterocycles. The van der Waals surface area contributed by atoms with Crippen LogP contribution in [0.2, 0.25) is 0 Å². The molecule has 1 amide bonds. The Morgan fingerprint density at radius 2 is 1.83 bits per heavy atom. The minimum atomic E-state index is -1.37. The molecule has 0 unspecified atom stereocenters. The van der Waals surface area contributed by atoms with Crippen molar-refractivity contribution in [1.82, 2.24) is 5.32 Å². The molecule has 18 heavy (non-hydrogen) atoms.